The number of hydrogen-bond donors (Lipinski definition) is 1. The van der Waals surface area contributed by atoms with Gasteiger partial charge in [0.2, 0.25) is 0 Å². The molecule has 3 nitrogen and oxygen atoms in total. The summed E-state index contributed by atoms with van der Waals surface area (Å²) in [6.45, 7) is 3.98. The Morgan fingerprint density at radius 2 is 2.09 bits per heavy atom. The second kappa shape index (κ2) is 5.13. The summed E-state index contributed by atoms with van der Waals surface area (Å²) in [4.78, 5) is 10.7. The van der Waals surface area contributed by atoms with Crippen molar-refractivity contribution in [3.8, 4) is 0 Å². The fraction of sp³-hybridized carbons (Fsp3) is 0.875. The Hall–Kier alpha value is -0.570. The normalized spacial score (nSPS) is 15.6. The van der Waals surface area contributed by atoms with Crippen molar-refractivity contribution in [3.05, 3.63) is 0 Å². The van der Waals surface area contributed by atoms with Gasteiger partial charge < -0.3 is 10.5 Å². The lowest BCUT2D eigenvalue weighted by molar-refractivity contribution is -0.140. The monoisotopic (exact) mass is 159 g/mol. The molecule has 0 bridgehead atoms. The molecule has 0 aromatic heterocycles. The van der Waals surface area contributed by atoms with Crippen molar-refractivity contribution in [2.75, 3.05) is 7.11 Å². The van der Waals surface area contributed by atoms with E-state index in [1.165, 1.54) is 7.11 Å². The molecular weight excluding hydrogens is 142 g/mol. The zero-order valence-electron chi connectivity index (χ0n) is 7.46. The molecular formula is C8H17NO2. The van der Waals surface area contributed by atoms with Gasteiger partial charge in [-0.3, -0.25) is 4.79 Å². The summed E-state index contributed by atoms with van der Waals surface area (Å²) in [6.07, 6.45) is 1.28. The predicted molar refractivity (Wildman–Crippen MR) is 44.1 cm³/mol. The number of hydrogen-bond acceptors (Lipinski definition) is 3. The summed E-state index contributed by atoms with van der Waals surface area (Å²) in [6, 6.07) is 0.152. The number of carbonyl (C=O) groups is 1. The highest BCUT2D eigenvalue weighted by Crippen LogP contribution is 2.08. The maximum absolute atomic E-state index is 10.7. The summed E-state index contributed by atoms with van der Waals surface area (Å²) < 4.78 is 4.50. The van der Waals surface area contributed by atoms with Gasteiger partial charge in [0.15, 0.2) is 0 Å². The lowest BCUT2D eigenvalue weighted by Crippen LogP contribution is -2.24. The van der Waals surface area contributed by atoms with Crippen LogP contribution in [0.1, 0.15) is 26.7 Å². The van der Waals surface area contributed by atoms with Crippen molar-refractivity contribution in [2.24, 2.45) is 11.7 Å². The van der Waals surface area contributed by atoms with E-state index in [4.69, 9.17) is 5.73 Å². The maximum atomic E-state index is 10.7. The van der Waals surface area contributed by atoms with E-state index in [0.717, 1.165) is 6.42 Å². The molecule has 0 amide bonds. The molecule has 0 saturated carbocycles. The van der Waals surface area contributed by atoms with Gasteiger partial charge >= 0.3 is 5.97 Å². The van der Waals surface area contributed by atoms with Gasteiger partial charge in [-0.1, -0.05) is 6.92 Å². The Morgan fingerprint density at radius 3 is 2.45 bits per heavy atom. The van der Waals surface area contributed by atoms with E-state index in [1.807, 2.05) is 13.8 Å². The number of ether oxygens (including phenoxy) is 1. The molecule has 3 heteroatoms. The number of methoxy groups -OCH3 is 1. The molecule has 0 spiro atoms. The first kappa shape index (κ1) is 10.4. The first-order valence-electron chi connectivity index (χ1n) is 3.90. The average molecular weight is 159 g/mol. The third-order valence-electron chi connectivity index (χ3n) is 1.93. The van der Waals surface area contributed by atoms with Gasteiger partial charge in [-0.05, 0) is 19.3 Å². The highest BCUT2D eigenvalue weighted by Gasteiger charge is 2.09. The molecule has 2 unspecified atom stereocenters. The van der Waals surface area contributed by atoms with Crippen molar-refractivity contribution in [1.29, 1.82) is 0 Å². The van der Waals surface area contributed by atoms with E-state index in [2.05, 4.69) is 4.74 Å². The fourth-order valence-electron chi connectivity index (χ4n) is 0.710. The third kappa shape index (κ3) is 4.79. The number of nitrogens with two attached hydrogens (primary N) is 1. The van der Waals surface area contributed by atoms with Gasteiger partial charge in [-0.2, -0.15) is 0 Å². The maximum Gasteiger partial charge on any atom is 0.305 e. The van der Waals surface area contributed by atoms with Crippen molar-refractivity contribution >= 4 is 5.97 Å². The second-order valence-electron chi connectivity index (χ2n) is 2.95. The quantitative estimate of drug-likeness (QED) is 0.621. The molecule has 0 aliphatic heterocycles. The van der Waals surface area contributed by atoms with Crippen LogP contribution in [0.4, 0.5) is 0 Å². The molecule has 0 radical (unpaired) electrons. The molecule has 0 aromatic rings. The van der Waals surface area contributed by atoms with Crippen LogP contribution in [0.15, 0.2) is 0 Å². The fourth-order valence-corrected chi connectivity index (χ4v) is 0.710. The molecule has 0 aromatic carbocycles. The predicted octanol–water partition coefficient (Wildman–Crippen LogP) is 0.923. The lowest BCUT2D eigenvalue weighted by atomic mass is 9.99. The summed E-state index contributed by atoms with van der Waals surface area (Å²) >= 11 is 0. The minimum absolute atomic E-state index is 0.152. The van der Waals surface area contributed by atoms with Crippen LogP contribution in [0.2, 0.25) is 0 Å². The number of esters is 1. The van der Waals surface area contributed by atoms with E-state index in [9.17, 15) is 4.79 Å². The first-order chi connectivity index (χ1) is 5.07. The second-order valence-corrected chi connectivity index (χ2v) is 2.95. The Labute approximate surface area is 67.9 Å². The highest BCUT2D eigenvalue weighted by atomic mass is 16.5. The smallest absolute Gasteiger partial charge is 0.305 e. The molecule has 0 aliphatic rings. The van der Waals surface area contributed by atoms with Gasteiger partial charge in [0.25, 0.3) is 0 Å². The molecule has 0 aliphatic carbocycles. The van der Waals surface area contributed by atoms with Crippen LogP contribution in [-0.4, -0.2) is 19.1 Å². The van der Waals surface area contributed by atoms with Crippen LogP contribution < -0.4 is 5.73 Å². The molecule has 0 heterocycles. The third-order valence-corrected chi connectivity index (χ3v) is 1.93. The van der Waals surface area contributed by atoms with Gasteiger partial charge in [0.05, 0.1) is 7.11 Å². The minimum atomic E-state index is -0.155. The van der Waals surface area contributed by atoms with Crippen LogP contribution in [0, 0.1) is 5.92 Å². The molecule has 11 heavy (non-hydrogen) atoms. The molecule has 2 N–H and O–H groups in total. The molecule has 0 saturated heterocycles. The highest BCUT2D eigenvalue weighted by molar-refractivity contribution is 5.69. The zero-order chi connectivity index (χ0) is 8.85. The van der Waals surface area contributed by atoms with Gasteiger partial charge in [-0.25, -0.2) is 0 Å². The van der Waals surface area contributed by atoms with Crippen LogP contribution in [-0.2, 0) is 9.53 Å². The Bertz CT molecular complexity index is 123. The summed E-state index contributed by atoms with van der Waals surface area (Å²) in [5.41, 5.74) is 5.61. The van der Waals surface area contributed by atoms with Crippen LogP contribution in [0.5, 0.6) is 0 Å². The van der Waals surface area contributed by atoms with Crippen LogP contribution in [0.3, 0.4) is 0 Å². The van der Waals surface area contributed by atoms with Crippen LogP contribution >= 0.6 is 0 Å². The van der Waals surface area contributed by atoms with Crippen LogP contribution in [0.25, 0.3) is 0 Å². The van der Waals surface area contributed by atoms with E-state index < -0.39 is 0 Å². The number of carbonyl (C=O) groups excluding carboxylic acids is 1. The summed E-state index contributed by atoms with van der Waals surface area (Å²) in [5.74, 6) is 0.228. The van der Waals surface area contributed by atoms with Gasteiger partial charge in [0.1, 0.15) is 0 Å². The zero-order valence-corrected chi connectivity index (χ0v) is 7.46. The number of rotatable bonds is 4. The SMILES string of the molecule is COC(=O)CCC(C)C(C)N. The molecule has 0 fully saturated rings. The van der Waals surface area contributed by atoms with E-state index in [0.29, 0.717) is 12.3 Å². The molecule has 66 valence electrons. The van der Waals surface area contributed by atoms with Crippen molar-refractivity contribution in [3.63, 3.8) is 0 Å². The van der Waals surface area contributed by atoms with E-state index in [1.54, 1.807) is 0 Å². The Morgan fingerprint density at radius 1 is 1.55 bits per heavy atom. The molecule has 0 rings (SSSR count). The van der Waals surface area contributed by atoms with Gasteiger partial charge in [0, 0.05) is 12.5 Å². The van der Waals surface area contributed by atoms with Gasteiger partial charge in [-0.15, -0.1) is 0 Å². The van der Waals surface area contributed by atoms with Crippen molar-refractivity contribution < 1.29 is 9.53 Å². The standard InChI is InChI=1S/C8H17NO2/c1-6(7(2)9)4-5-8(10)11-3/h6-7H,4-5,9H2,1-3H3. The topological polar surface area (TPSA) is 52.3 Å². The first-order valence-corrected chi connectivity index (χ1v) is 3.90. The Kier molecular flexibility index (Phi) is 4.86. The van der Waals surface area contributed by atoms with E-state index in [-0.39, 0.29) is 12.0 Å². The summed E-state index contributed by atoms with van der Waals surface area (Å²) in [5, 5.41) is 0. The Balaban J connectivity index is 3.45. The van der Waals surface area contributed by atoms with Crippen molar-refractivity contribution in [2.45, 2.75) is 32.7 Å². The lowest BCUT2D eigenvalue weighted by Gasteiger charge is -2.13. The van der Waals surface area contributed by atoms with Crippen molar-refractivity contribution in [1.82, 2.24) is 0 Å². The minimum Gasteiger partial charge on any atom is -0.469 e. The molecule has 2 atom stereocenters. The largest absolute Gasteiger partial charge is 0.469 e. The summed E-state index contributed by atoms with van der Waals surface area (Å²) in [7, 11) is 1.40. The average Bonchev–Trinajstić information content (AvgIpc) is 1.99. The van der Waals surface area contributed by atoms with E-state index >= 15 is 0 Å².